The van der Waals surface area contributed by atoms with Crippen LogP contribution in [0.25, 0.3) is 11.0 Å². The molecule has 1 aromatic carbocycles. The number of methoxy groups -OCH3 is 1. The molecule has 0 radical (unpaired) electrons. The summed E-state index contributed by atoms with van der Waals surface area (Å²) in [6.45, 7) is 2.97. The van der Waals surface area contributed by atoms with Crippen molar-refractivity contribution in [2.45, 2.75) is 26.0 Å². The van der Waals surface area contributed by atoms with Crippen LogP contribution >= 0.6 is 0 Å². The van der Waals surface area contributed by atoms with Crippen molar-refractivity contribution in [2.75, 3.05) is 7.11 Å². The summed E-state index contributed by atoms with van der Waals surface area (Å²) in [5, 5.41) is 8.97. The third-order valence-corrected chi connectivity index (χ3v) is 3.13. The number of hydrogen-bond acceptors (Lipinski definition) is 3. The number of carbonyl (C=O) groups is 1. The van der Waals surface area contributed by atoms with Crippen LogP contribution < -0.4 is 0 Å². The molecule has 0 atom stereocenters. The molecule has 1 heterocycles. The minimum atomic E-state index is -1.11. The van der Waals surface area contributed by atoms with E-state index in [1.807, 2.05) is 0 Å². The standard InChI is InChI=1S/C13H14F2N2O3/c1-13(2,20-3)12-16-9-4-7(14)8(15)5-10(9)17(12)6-11(18)19/h4-5H,6H2,1-3H3,(H,18,19). The van der Waals surface area contributed by atoms with E-state index < -0.39 is 29.7 Å². The Morgan fingerprint density at radius 1 is 1.40 bits per heavy atom. The quantitative estimate of drug-likeness (QED) is 0.935. The summed E-state index contributed by atoms with van der Waals surface area (Å²) in [5.74, 6) is -2.89. The number of nitrogens with zero attached hydrogens (tertiary/aromatic N) is 2. The average Bonchev–Trinajstić information content (AvgIpc) is 2.68. The zero-order chi connectivity index (χ0) is 15.1. The lowest BCUT2D eigenvalue weighted by molar-refractivity contribution is -0.137. The highest BCUT2D eigenvalue weighted by molar-refractivity contribution is 5.79. The molecule has 20 heavy (non-hydrogen) atoms. The highest BCUT2D eigenvalue weighted by Crippen LogP contribution is 2.28. The van der Waals surface area contributed by atoms with Gasteiger partial charge >= 0.3 is 5.97 Å². The van der Waals surface area contributed by atoms with Crippen molar-refractivity contribution >= 4 is 17.0 Å². The van der Waals surface area contributed by atoms with E-state index in [0.29, 0.717) is 5.82 Å². The van der Waals surface area contributed by atoms with Crippen LogP contribution in [-0.2, 0) is 21.7 Å². The second-order valence-corrected chi connectivity index (χ2v) is 4.88. The number of fused-ring (bicyclic) bond motifs is 1. The minimum absolute atomic E-state index is 0.185. The summed E-state index contributed by atoms with van der Waals surface area (Å²) in [7, 11) is 1.45. The lowest BCUT2D eigenvalue weighted by Crippen LogP contribution is -2.26. The number of carboxylic acids is 1. The first-order valence-corrected chi connectivity index (χ1v) is 5.89. The molecule has 1 N–H and O–H groups in total. The first-order chi connectivity index (χ1) is 9.26. The van der Waals surface area contributed by atoms with E-state index in [0.717, 1.165) is 12.1 Å². The van der Waals surface area contributed by atoms with Crippen molar-refractivity contribution < 1.29 is 23.4 Å². The fourth-order valence-corrected chi connectivity index (χ4v) is 1.97. The second-order valence-electron chi connectivity index (χ2n) is 4.88. The Kier molecular flexibility index (Phi) is 3.47. The maximum absolute atomic E-state index is 13.4. The van der Waals surface area contributed by atoms with Gasteiger partial charge in [0, 0.05) is 19.2 Å². The van der Waals surface area contributed by atoms with Crippen molar-refractivity contribution in [3.8, 4) is 0 Å². The SMILES string of the molecule is COC(C)(C)c1nc2cc(F)c(F)cc2n1CC(=O)O. The Labute approximate surface area is 113 Å². The van der Waals surface area contributed by atoms with E-state index >= 15 is 0 Å². The average molecular weight is 284 g/mol. The molecule has 2 aromatic rings. The van der Waals surface area contributed by atoms with Crippen LogP contribution in [0.3, 0.4) is 0 Å². The third-order valence-electron chi connectivity index (χ3n) is 3.13. The molecule has 2 rings (SSSR count). The molecule has 0 fully saturated rings. The number of rotatable bonds is 4. The van der Waals surface area contributed by atoms with E-state index in [1.54, 1.807) is 13.8 Å². The minimum Gasteiger partial charge on any atom is -0.480 e. The zero-order valence-corrected chi connectivity index (χ0v) is 11.3. The van der Waals surface area contributed by atoms with Crippen LogP contribution in [0, 0.1) is 11.6 Å². The van der Waals surface area contributed by atoms with Crippen LogP contribution in [0.1, 0.15) is 19.7 Å². The molecule has 108 valence electrons. The van der Waals surface area contributed by atoms with Crippen LogP contribution in [0.2, 0.25) is 0 Å². The first-order valence-electron chi connectivity index (χ1n) is 5.89. The summed E-state index contributed by atoms with van der Waals surface area (Å²) in [6, 6.07) is 1.88. The second kappa shape index (κ2) is 4.82. The van der Waals surface area contributed by atoms with Gasteiger partial charge < -0.3 is 14.4 Å². The fourth-order valence-electron chi connectivity index (χ4n) is 1.97. The summed E-state index contributed by atoms with van der Waals surface area (Å²) in [6.07, 6.45) is 0. The zero-order valence-electron chi connectivity index (χ0n) is 11.3. The van der Waals surface area contributed by atoms with Gasteiger partial charge in [0.25, 0.3) is 0 Å². The molecule has 7 heteroatoms. The Morgan fingerprint density at radius 3 is 2.55 bits per heavy atom. The van der Waals surface area contributed by atoms with Gasteiger partial charge in [-0.3, -0.25) is 4.79 Å². The number of aromatic nitrogens is 2. The van der Waals surface area contributed by atoms with Gasteiger partial charge in [0.15, 0.2) is 11.6 Å². The van der Waals surface area contributed by atoms with Crippen LogP contribution in [0.15, 0.2) is 12.1 Å². The van der Waals surface area contributed by atoms with E-state index in [1.165, 1.54) is 11.7 Å². The van der Waals surface area contributed by atoms with Gasteiger partial charge in [-0.1, -0.05) is 0 Å². The predicted octanol–water partition coefficient (Wildman–Crippen LogP) is 2.28. The molecule has 0 amide bonds. The monoisotopic (exact) mass is 284 g/mol. The fraction of sp³-hybridized carbons (Fsp3) is 0.385. The van der Waals surface area contributed by atoms with Gasteiger partial charge in [-0.25, -0.2) is 13.8 Å². The van der Waals surface area contributed by atoms with Gasteiger partial charge in [0.1, 0.15) is 18.0 Å². The lowest BCUT2D eigenvalue weighted by Gasteiger charge is -2.23. The van der Waals surface area contributed by atoms with Crippen LogP contribution in [-0.4, -0.2) is 27.7 Å². The highest BCUT2D eigenvalue weighted by atomic mass is 19.2. The maximum Gasteiger partial charge on any atom is 0.323 e. The molecule has 1 aromatic heterocycles. The van der Waals surface area contributed by atoms with Crippen molar-refractivity contribution in [1.82, 2.24) is 9.55 Å². The Bertz CT molecular complexity index is 680. The van der Waals surface area contributed by atoms with Crippen LogP contribution in [0.4, 0.5) is 8.78 Å². The molecular weight excluding hydrogens is 270 g/mol. The Balaban J connectivity index is 2.76. The van der Waals surface area contributed by atoms with Gasteiger partial charge in [-0.15, -0.1) is 0 Å². The van der Waals surface area contributed by atoms with Crippen molar-refractivity contribution in [1.29, 1.82) is 0 Å². The Morgan fingerprint density at radius 2 is 2.00 bits per heavy atom. The number of ether oxygens (including phenoxy) is 1. The van der Waals surface area contributed by atoms with Gasteiger partial charge in [-0.05, 0) is 13.8 Å². The number of imidazole rings is 1. The smallest absolute Gasteiger partial charge is 0.323 e. The molecule has 0 aliphatic carbocycles. The molecule has 0 saturated carbocycles. The number of aliphatic carboxylic acids is 1. The molecule has 5 nitrogen and oxygen atoms in total. The highest BCUT2D eigenvalue weighted by Gasteiger charge is 2.28. The summed E-state index contributed by atoms with van der Waals surface area (Å²) in [5.41, 5.74) is -0.488. The molecule has 0 unspecified atom stereocenters. The lowest BCUT2D eigenvalue weighted by atomic mass is 10.1. The molecular formula is C13H14F2N2O3. The summed E-state index contributed by atoms with van der Waals surface area (Å²) >= 11 is 0. The molecule has 0 saturated heterocycles. The predicted molar refractivity (Wildman–Crippen MR) is 67.3 cm³/mol. The third kappa shape index (κ3) is 2.36. The summed E-state index contributed by atoms with van der Waals surface area (Å²) < 4.78 is 33.2. The van der Waals surface area contributed by atoms with E-state index in [-0.39, 0.29) is 11.0 Å². The van der Waals surface area contributed by atoms with Crippen molar-refractivity contribution in [3.63, 3.8) is 0 Å². The number of hydrogen-bond donors (Lipinski definition) is 1. The van der Waals surface area contributed by atoms with Crippen LogP contribution in [0.5, 0.6) is 0 Å². The van der Waals surface area contributed by atoms with Gasteiger partial charge in [-0.2, -0.15) is 0 Å². The largest absolute Gasteiger partial charge is 0.480 e. The van der Waals surface area contributed by atoms with Crippen molar-refractivity contribution in [3.05, 3.63) is 29.6 Å². The van der Waals surface area contributed by atoms with Gasteiger partial charge in [0.05, 0.1) is 11.0 Å². The normalized spacial score (nSPS) is 12.1. The number of halogens is 2. The topological polar surface area (TPSA) is 64.4 Å². The molecule has 0 aliphatic rings. The first kappa shape index (κ1) is 14.4. The molecule has 0 bridgehead atoms. The Hall–Kier alpha value is -2.02. The maximum atomic E-state index is 13.4. The van der Waals surface area contributed by atoms with E-state index in [9.17, 15) is 13.6 Å². The summed E-state index contributed by atoms with van der Waals surface area (Å²) in [4.78, 5) is 15.2. The van der Waals surface area contributed by atoms with E-state index in [2.05, 4.69) is 4.98 Å². The van der Waals surface area contributed by atoms with Gasteiger partial charge in [0.2, 0.25) is 0 Å². The molecule has 0 aliphatic heterocycles. The number of benzene rings is 1. The van der Waals surface area contributed by atoms with E-state index in [4.69, 9.17) is 9.84 Å². The van der Waals surface area contributed by atoms with Crippen molar-refractivity contribution in [2.24, 2.45) is 0 Å². The number of carboxylic acid groups (broad SMARTS) is 1. The molecule has 0 spiro atoms.